The highest BCUT2D eigenvalue weighted by molar-refractivity contribution is 8.21. The number of benzene rings is 1. The van der Waals surface area contributed by atoms with Crippen molar-refractivity contribution in [1.29, 1.82) is 0 Å². The first-order valence-electron chi connectivity index (χ1n) is 10.4. The maximum Gasteiger partial charge on any atom is 0.130 e. The maximum atomic E-state index is 4.58. The zero-order chi connectivity index (χ0) is 20.4. The van der Waals surface area contributed by atoms with Crippen molar-refractivity contribution in [2.75, 3.05) is 32.0 Å². The molecule has 5 heteroatoms. The Morgan fingerprint density at radius 1 is 1.21 bits per heavy atom. The number of piperidine rings is 1. The van der Waals surface area contributed by atoms with Gasteiger partial charge >= 0.3 is 0 Å². The van der Waals surface area contributed by atoms with E-state index in [0.29, 0.717) is 0 Å². The van der Waals surface area contributed by atoms with Crippen molar-refractivity contribution in [2.24, 2.45) is 16.8 Å². The minimum absolute atomic E-state index is 0.851. The number of likely N-dealkylation sites (tertiary alicyclic amines) is 1. The van der Waals surface area contributed by atoms with E-state index in [0.717, 1.165) is 56.2 Å². The maximum absolute atomic E-state index is 4.58. The number of hydrogen-bond acceptors (Lipinski definition) is 5. The summed E-state index contributed by atoms with van der Waals surface area (Å²) >= 11 is 1.61. The van der Waals surface area contributed by atoms with Crippen LogP contribution in [0.3, 0.4) is 0 Å². The third kappa shape index (κ3) is 4.90. The number of anilines is 1. The highest BCUT2D eigenvalue weighted by Crippen LogP contribution is 2.36. The lowest BCUT2D eigenvalue weighted by atomic mass is 9.99. The van der Waals surface area contributed by atoms with Crippen molar-refractivity contribution in [3.8, 4) is 0 Å². The Bertz CT molecular complexity index is 953. The Balaban J connectivity index is 1.43. The van der Waals surface area contributed by atoms with Gasteiger partial charge in [0.25, 0.3) is 0 Å². The summed E-state index contributed by atoms with van der Waals surface area (Å²) in [5.74, 6) is 2.64. The lowest BCUT2D eigenvalue weighted by Crippen LogP contribution is -2.38. The highest BCUT2D eigenvalue weighted by Gasteiger charge is 2.32. The molecule has 4 nitrogen and oxygen atoms in total. The van der Waals surface area contributed by atoms with E-state index in [1.807, 2.05) is 13.1 Å². The van der Waals surface area contributed by atoms with Crippen molar-refractivity contribution >= 4 is 38.3 Å². The number of nitrogens with zero attached hydrogens (tertiary/aromatic N) is 3. The van der Waals surface area contributed by atoms with Crippen LogP contribution in [0, 0.1) is 11.8 Å². The Morgan fingerprint density at radius 2 is 1.97 bits per heavy atom. The third-order valence-corrected chi connectivity index (χ3v) is 6.99. The number of aromatic nitrogens is 1. The number of rotatable bonds is 6. The van der Waals surface area contributed by atoms with Gasteiger partial charge in [-0.3, -0.25) is 9.89 Å². The SMILES string of the molecule is C=C(CN1CC2CCC(C2)C1)Nc1cc2cc(C(=C)S/C(C)=N\C)ccc2cn1. The number of aliphatic imine (C=N–C) groups is 1. The summed E-state index contributed by atoms with van der Waals surface area (Å²) in [6, 6.07) is 8.47. The third-order valence-electron chi connectivity index (χ3n) is 6.03. The molecule has 4 rings (SSSR count). The summed E-state index contributed by atoms with van der Waals surface area (Å²) in [6.45, 7) is 13.8. The number of hydrogen-bond donors (Lipinski definition) is 1. The number of fused-ring (bicyclic) bond motifs is 3. The lowest BCUT2D eigenvalue weighted by Gasteiger charge is -2.32. The summed E-state index contributed by atoms with van der Waals surface area (Å²) in [6.07, 6.45) is 6.16. The molecule has 1 saturated heterocycles. The zero-order valence-electron chi connectivity index (χ0n) is 17.4. The molecule has 29 heavy (non-hydrogen) atoms. The Kier molecular flexibility index (Phi) is 6.07. The van der Waals surface area contributed by atoms with Gasteiger partial charge in [0.15, 0.2) is 0 Å². The molecule has 2 heterocycles. The molecule has 2 atom stereocenters. The molecule has 1 N–H and O–H groups in total. The fourth-order valence-electron chi connectivity index (χ4n) is 4.60. The molecule has 2 unspecified atom stereocenters. The zero-order valence-corrected chi connectivity index (χ0v) is 18.3. The summed E-state index contributed by atoms with van der Waals surface area (Å²) < 4.78 is 0. The van der Waals surface area contributed by atoms with Gasteiger partial charge in [0.05, 0.1) is 5.04 Å². The molecule has 1 aromatic heterocycles. The van der Waals surface area contributed by atoms with Gasteiger partial charge in [0.1, 0.15) is 5.82 Å². The molecule has 1 aromatic carbocycles. The first kappa shape index (κ1) is 20.2. The molecule has 1 aliphatic carbocycles. The van der Waals surface area contributed by atoms with E-state index < -0.39 is 0 Å². The van der Waals surface area contributed by atoms with Gasteiger partial charge in [-0.05, 0) is 61.1 Å². The molecule has 2 aliphatic rings. The van der Waals surface area contributed by atoms with E-state index in [2.05, 4.69) is 57.6 Å². The summed E-state index contributed by atoms with van der Waals surface area (Å²) in [5, 5.41) is 6.71. The summed E-state index contributed by atoms with van der Waals surface area (Å²) in [4.78, 5) is 12.4. The standard InChI is InChI=1S/C24H30N4S/c1-16(13-28-14-19-5-6-20(9-19)15-28)27-24-11-23-10-21(7-8-22(23)12-26-24)17(2)29-18(3)25-4/h7-8,10-12,19-20H,1-2,5-6,9,13-15H2,3-4H3,(H,26,27)/b25-18-. The molecule has 1 saturated carbocycles. The molecule has 0 radical (unpaired) electrons. The van der Waals surface area contributed by atoms with Crippen molar-refractivity contribution in [3.05, 3.63) is 54.9 Å². The van der Waals surface area contributed by atoms with E-state index in [1.165, 1.54) is 32.4 Å². The second-order valence-corrected chi connectivity index (χ2v) is 9.65. The van der Waals surface area contributed by atoms with Crippen LogP contribution in [0.2, 0.25) is 0 Å². The van der Waals surface area contributed by atoms with Crippen molar-refractivity contribution in [2.45, 2.75) is 26.2 Å². The van der Waals surface area contributed by atoms with E-state index in [-0.39, 0.29) is 0 Å². The fourth-order valence-corrected chi connectivity index (χ4v) is 5.29. The minimum Gasteiger partial charge on any atom is -0.343 e. The van der Waals surface area contributed by atoms with E-state index in [4.69, 9.17) is 0 Å². The van der Waals surface area contributed by atoms with Gasteiger partial charge in [-0.2, -0.15) is 0 Å². The average Bonchev–Trinajstić information content (AvgIpc) is 3.05. The smallest absolute Gasteiger partial charge is 0.130 e. The Labute approximate surface area is 178 Å². The second-order valence-electron chi connectivity index (χ2n) is 8.37. The molecule has 2 bridgehead atoms. The van der Waals surface area contributed by atoms with E-state index in [1.54, 1.807) is 18.8 Å². The first-order chi connectivity index (χ1) is 14.0. The minimum atomic E-state index is 0.851. The average molecular weight is 407 g/mol. The predicted octanol–water partition coefficient (Wildman–Crippen LogP) is 5.64. The Morgan fingerprint density at radius 3 is 2.69 bits per heavy atom. The molecular weight excluding hydrogens is 376 g/mol. The topological polar surface area (TPSA) is 40.5 Å². The van der Waals surface area contributed by atoms with Gasteiger partial charge in [-0.25, -0.2) is 4.98 Å². The van der Waals surface area contributed by atoms with Gasteiger partial charge < -0.3 is 5.32 Å². The van der Waals surface area contributed by atoms with E-state index >= 15 is 0 Å². The highest BCUT2D eigenvalue weighted by atomic mass is 32.2. The second kappa shape index (κ2) is 8.72. The van der Waals surface area contributed by atoms with Crippen LogP contribution in [0.5, 0.6) is 0 Å². The molecule has 0 spiro atoms. The largest absolute Gasteiger partial charge is 0.343 e. The van der Waals surface area contributed by atoms with Crippen LogP contribution in [-0.4, -0.2) is 41.6 Å². The van der Waals surface area contributed by atoms with Crippen LogP contribution in [0.25, 0.3) is 15.7 Å². The monoisotopic (exact) mass is 406 g/mol. The van der Waals surface area contributed by atoms with Gasteiger partial charge in [0.2, 0.25) is 0 Å². The van der Waals surface area contributed by atoms with Crippen LogP contribution in [0.1, 0.15) is 31.7 Å². The quantitative estimate of drug-likeness (QED) is 0.497. The van der Waals surface area contributed by atoms with Crippen LogP contribution >= 0.6 is 11.8 Å². The van der Waals surface area contributed by atoms with Crippen molar-refractivity contribution < 1.29 is 0 Å². The predicted molar refractivity (Wildman–Crippen MR) is 127 cm³/mol. The summed E-state index contributed by atoms with van der Waals surface area (Å²) in [7, 11) is 1.81. The number of thioether (sulfide) groups is 1. The fraction of sp³-hybridized carbons (Fsp3) is 0.417. The molecule has 2 aromatic rings. The van der Waals surface area contributed by atoms with Crippen LogP contribution in [0.4, 0.5) is 5.82 Å². The number of nitrogens with one attached hydrogen (secondary N) is 1. The molecule has 1 aliphatic heterocycles. The van der Waals surface area contributed by atoms with Crippen molar-refractivity contribution in [1.82, 2.24) is 9.88 Å². The van der Waals surface area contributed by atoms with Gasteiger partial charge in [-0.15, -0.1) is 0 Å². The van der Waals surface area contributed by atoms with Crippen LogP contribution < -0.4 is 5.32 Å². The number of pyridine rings is 1. The van der Waals surface area contributed by atoms with E-state index in [9.17, 15) is 0 Å². The molecular formula is C24H30N4S. The Hall–Kier alpha value is -2.11. The molecule has 0 amide bonds. The molecule has 2 fully saturated rings. The van der Waals surface area contributed by atoms with Gasteiger partial charge in [-0.1, -0.05) is 37.1 Å². The molecule has 152 valence electrons. The van der Waals surface area contributed by atoms with Crippen LogP contribution in [0.15, 0.2) is 54.3 Å². The van der Waals surface area contributed by atoms with Crippen LogP contribution in [-0.2, 0) is 0 Å². The lowest BCUT2D eigenvalue weighted by molar-refractivity contribution is 0.181. The normalized spacial score (nSPS) is 22.1. The van der Waals surface area contributed by atoms with Crippen molar-refractivity contribution in [3.63, 3.8) is 0 Å². The van der Waals surface area contributed by atoms with Gasteiger partial charge in [0, 0.05) is 48.9 Å². The first-order valence-corrected chi connectivity index (χ1v) is 11.2. The summed E-state index contributed by atoms with van der Waals surface area (Å²) in [5.41, 5.74) is 2.13.